The van der Waals surface area contributed by atoms with Crippen LogP contribution in [0.25, 0.3) is 0 Å². The van der Waals surface area contributed by atoms with E-state index in [1.165, 1.54) is 6.07 Å². The van der Waals surface area contributed by atoms with Crippen molar-refractivity contribution < 1.29 is 15.0 Å². The van der Waals surface area contributed by atoms with Gasteiger partial charge in [-0.05, 0) is 37.0 Å². The maximum absolute atomic E-state index is 12.1. The molecule has 1 aromatic rings. The fraction of sp³-hybridized carbons (Fsp3) is 0.533. The quantitative estimate of drug-likeness (QED) is 0.791. The molecule has 1 aromatic carbocycles. The number of rotatable bonds is 3. The van der Waals surface area contributed by atoms with Crippen LogP contribution < -0.4 is 5.32 Å². The molecule has 0 radical (unpaired) electrons. The van der Waals surface area contributed by atoms with Gasteiger partial charge in [0.25, 0.3) is 5.91 Å². The first-order valence-corrected chi connectivity index (χ1v) is 7.68. The van der Waals surface area contributed by atoms with Gasteiger partial charge in [0.15, 0.2) is 0 Å². The second-order valence-corrected chi connectivity index (χ2v) is 6.69. The molecular weight excluding hydrogens is 322 g/mol. The highest BCUT2D eigenvalue weighted by atomic mass is 79.9. The predicted octanol–water partition coefficient (Wildman–Crippen LogP) is 2.83. The Hall–Kier alpha value is -1.07. The van der Waals surface area contributed by atoms with Crippen LogP contribution in [0.3, 0.4) is 0 Å². The van der Waals surface area contributed by atoms with Crippen molar-refractivity contribution in [3.8, 4) is 5.75 Å². The first kappa shape index (κ1) is 15.3. The molecule has 4 nitrogen and oxygen atoms in total. The van der Waals surface area contributed by atoms with Gasteiger partial charge in [0.2, 0.25) is 0 Å². The molecule has 2 atom stereocenters. The highest BCUT2D eigenvalue weighted by Crippen LogP contribution is 2.31. The summed E-state index contributed by atoms with van der Waals surface area (Å²) in [5.74, 6) is 0.0510. The van der Waals surface area contributed by atoms with E-state index in [2.05, 4.69) is 28.2 Å². The summed E-state index contributed by atoms with van der Waals surface area (Å²) in [5.41, 5.74) is -0.610. The lowest BCUT2D eigenvalue weighted by atomic mass is 9.79. The van der Waals surface area contributed by atoms with E-state index in [1.807, 2.05) is 0 Å². The van der Waals surface area contributed by atoms with E-state index in [0.717, 1.165) is 17.3 Å². The normalized spacial score (nSPS) is 26.2. The number of aliphatic hydroxyl groups is 1. The van der Waals surface area contributed by atoms with Gasteiger partial charge < -0.3 is 15.5 Å². The molecule has 110 valence electrons. The number of benzene rings is 1. The first-order valence-electron chi connectivity index (χ1n) is 6.89. The van der Waals surface area contributed by atoms with Gasteiger partial charge in [-0.15, -0.1) is 0 Å². The van der Waals surface area contributed by atoms with Gasteiger partial charge in [0.1, 0.15) is 5.75 Å². The summed E-state index contributed by atoms with van der Waals surface area (Å²) < 4.78 is 0.727. The van der Waals surface area contributed by atoms with Gasteiger partial charge in [-0.3, -0.25) is 4.79 Å². The zero-order valence-corrected chi connectivity index (χ0v) is 13.1. The highest BCUT2D eigenvalue weighted by Gasteiger charge is 2.33. The van der Waals surface area contributed by atoms with Crippen LogP contribution in [0, 0.1) is 5.92 Å². The van der Waals surface area contributed by atoms with Crippen molar-refractivity contribution in [2.75, 3.05) is 6.54 Å². The Morgan fingerprint density at radius 1 is 1.55 bits per heavy atom. The van der Waals surface area contributed by atoms with E-state index in [-0.39, 0.29) is 23.8 Å². The molecule has 1 aliphatic rings. The van der Waals surface area contributed by atoms with Crippen LogP contribution in [0.5, 0.6) is 5.75 Å². The molecule has 0 spiro atoms. The molecule has 0 saturated heterocycles. The summed E-state index contributed by atoms with van der Waals surface area (Å²) in [6.45, 7) is 2.34. The second-order valence-electron chi connectivity index (χ2n) is 5.77. The van der Waals surface area contributed by atoms with Gasteiger partial charge >= 0.3 is 0 Å². The monoisotopic (exact) mass is 341 g/mol. The number of halogens is 1. The highest BCUT2D eigenvalue weighted by molar-refractivity contribution is 9.10. The molecule has 1 saturated carbocycles. The zero-order chi connectivity index (χ0) is 14.8. The molecule has 20 heavy (non-hydrogen) atoms. The van der Waals surface area contributed by atoms with Crippen molar-refractivity contribution >= 4 is 21.8 Å². The maximum atomic E-state index is 12.1. The minimum Gasteiger partial charge on any atom is -0.507 e. The SMILES string of the molecule is CC1CCCC(O)(CNC(=O)c2cc(Br)ccc2O)C1. The molecule has 1 amide bonds. The van der Waals surface area contributed by atoms with Gasteiger partial charge in [-0.1, -0.05) is 35.7 Å². The van der Waals surface area contributed by atoms with Crippen molar-refractivity contribution in [3.05, 3.63) is 28.2 Å². The molecule has 0 aromatic heterocycles. The van der Waals surface area contributed by atoms with Crippen molar-refractivity contribution in [2.24, 2.45) is 5.92 Å². The van der Waals surface area contributed by atoms with Gasteiger partial charge in [0.05, 0.1) is 11.2 Å². The van der Waals surface area contributed by atoms with E-state index < -0.39 is 5.60 Å². The van der Waals surface area contributed by atoms with E-state index in [9.17, 15) is 15.0 Å². The minimum atomic E-state index is -0.824. The molecule has 0 heterocycles. The summed E-state index contributed by atoms with van der Waals surface area (Å²) in [6, 6.07) is 4.71. The van der Waals surface area contributed by atoms with Crippen LogP contribution in [-0.4, -0.2) is 28.3 Å². The lowest BCUT2D eigenvalue weighted by Crippen LogP contribution is -2.45. The van der Waals surface area contributed by atoms with Crippen LogP contribution in [0.2, 0.25) is 0 Å². The number of phenols is 1. The minimum absolute atomic E-state index is 0.0605. The Morgan fingerprint density at radius 2 is 2.30 bits per heavy atom. The van der Waals surface area contributed by atoms with Crippen molar-refractivity contribution in [1.29, 1.82) is 0 Å². The molecule has 5 heteroatoms. The number of aromatic hydroxyl groups is 1. The van der Waals surface area contributed by atoms with Crippen LogP contribution in [0.4, 0.5) is 0 Å². The second kappa shape index (κ2) is 6.14. The lowest BCUT2D eigenvalue weighted by molar-refractivity contribution is -0.0109. The Labute approximate surface area is 127 Å². The molecule has 1 fully saturated rings. The number of nitrogens with one attached hydrogen (secondary N) is 1. The third kappa shape index (κ3) is 3.73. The Bertz CT molecular complexity index is 506. The number of carbonyl (C=O) groups excluding carboxylic acids is 1. The fourth-order valence-electron chi connectivity index (χ4n) is 2.82. The van der Waals surface area contributed by atoms with Gasteiger partial charge in [-0.25, -0.2) is 0 Å². The summed E-state index contributed by atoms with van der Waals surface area (Å²) in [4.78, 5) is 12.1. The summed E-state index contributed by atoms with van der Waals surface area (Å²) in [6.07, 6.45) is 3.53. The van der Waals surface area contributed by atoms with E-state index in [4.69, 9.17) is 0 Å². The first-order chi connectivity index (χ1) is 9.39. The molecule has 2 rings (SSSR count). The van der Waals surface area contributed by atoms with E-state index >= 15 is 0 Å². The predicted molar refractivity (Wildman–Crippen MR) is 80.7 cm³/mol. The zero-order valence-electron chi connectivity index (χ0n) is 11.5. The fourth-order valence-corrected chi connectivity index (χ4v) is 3.18. The van der Waals surface area contributed by atoms with Crippen LogP contribution in [0.15, 0.2) is 22.7 Å². The molecular formula is C15H20BrNO3. The van der Waals surface area contributed by atoms with Crippen molar-refractivity contribution in [1.82, 2.24) is 5.32 Å². The summed E-state index contributed by atoms with van der Waals surface area (Å²) >= 11 is 3.27. The maximum Gasteiger partial charge on any atom is 0.255 e. The average Bonchev–Trinajstić information content (AvgIpc) is 2.39. The molecule has 2 unspecified atom stereocenters. The van der Waals surface area contributed by atoms with E-state index in [0.29, 0.717) is 18.8 Å². The smallest absolute Gasteiger partial charge is 0.255 e. The number of phenolic OH excluding ortho intramolecular Hbond substituents is 1. The molecule has 0 bridgehead atoms. The third-order valence-corrected chi connectivity index (χ3v) is 4.34. The standard InChI is InChI=1S/C15H20BrNO3/c1-10-3-2-6-15(20,8-10)9-17-14(19)12-7-11(16)4-5-13(12)18/h4-5,7,10,18,20H,2-3,6,8-9H2,1H3,(H,17,19). The Morgan fingerprint density at radius 3 is 3.00 bits per heavy atom. The van der Waals surface area contributed by atoms with Crippen LogP contribution >= 0.6 is 15.9 Å². The Balaban J connectivity index is 1.99. The van der Waals surface area contributed by atoms with Crippen LogP contribution in [0.1, 0.15) is 43.0 Å². The van der Waals surface area contributed by atoms with Crippen molar-refractivity contribution in [2.45, 2.75) is 38.2 Å². The number of carbonyl (C=O) groups is 1. The molecule has 1 aliphatic carbocycles. The Kier molecular flexibility index (Phi) is 4.70. The molecule has 0 aliphatic heterocycles. The van der Waals surface area contributed by atoms with Crippen molar-refractivity contribution in [3.63, 3.8) is 0 Å². The number of amides is 1. The number of hydrogen-bond acceptors (Lipinski definition) is 3. The number of hydrogen-bond donors (Lipinski definition) is 3. The average molecular weight is 342 g/mol. The molecule has 3 N–H and O–H groups in total. The largest absolute Gasteiger partial charge is 0.507 e. The lowest BCUT2D eigenvalue weighted by Gasteiger charge is -2.35. The van der Waals surface area contributed by atoms with Crippen LogP contribution in [-0.2, 0) is 0 Å². The summed E-state index contributed by atoms with van der Waals surface area (Å²) in [5, 5.41) is 22.9. The summed E-state index contributed by atoms with van der Waals surface area (Å²) in [7, 11) is 0. The topological polar surface area (TPSA) is 69.6 Å². The third-order valence-electron chi connectivity index (χ3n) is 3.85. The van der Waals surface area contributed by atoms with E-state index in [1.54, 1.807) is 12.1 Å². The van der Waals surface area contributed by atoms with Gasteiger partial charge in [0, 0.05) is 11.0 Å². The van der Waals surface area contributed by atoms with Gasteiger partial charge in [-0.2, -0.15) is 0 Å².